The second-order valence-electron chi connectivity index (χ2n) is 9.71. The maximum Gasteiger partial charge on any atom is 0.323 e. The van der Waals surface area contributed by atoms with Crippen molar-refractivity contribution in [3.8, 4) is 28.1 Å². The van der Waals surface area contributed by atoms with Crippen molar-refractivity contribution >= 4 is 28.5 Å². The number of hydrogen-bond donors (Lipinski definition) is 2. The van der Waals surface area contributed by atoms with Gasteiger partial charge in [0.15, 0.2) is 0 Å². The summed E-state index contributed by atoms with van der Waals surface area (Å²) in [6.07, 6.45) is 6.49. The van der Waals surface area contributed by atoms with Gasteiger partial charge in [-0.2, -0.15) is 4.68 Å². The molecule has 0 amide bonds. The summed E-state index contributed by atoms with van der Waals surface area (Å²) in [5.41, 5.74) is 5.61. The van der Waals surface area contributed by atoms with Gasteiger partial charge in [-0.25, -0.2) is 4.98 Å². The summed E-state index contributed by atoms with van der Waals surface area (Å²) >= 11 is 6.31. The minimum atomic E-state index is -0.889. The number of hydrogen-bond acceptors (Lipinski definition) is 6. The van der Waals surface area contributed by atoms with Gasteiger partial charge in [-0.05, 0) is 71.3 Å². The molecule has 0 radical (unpaired) electrons. The second kappa shape index (κ2) is 9.31. The summed E-state index contributed by atoms with van der Waals surface area (Å²) in [5, 5.41) is 22.1. The first-order valence-corrected chi connectivity index (χ1v) is 13.0. The fourth-order valence-corrected chi connectivity index (χ4v) is 5.70. The van der Waals surface area contributed by atoms with Crippen molar-refractivity contribution < 1.29 is 9.90 Å². The lowest BCUT2D eigenvalue weighted by molar-refractivity contribution is -0.137. The number of aromatic amines is 1. The second-order valence-corrected chi connectivity index (χ2v) is 10.1. The van der Waals surface area contributed by atoms with Crippen LogP contribution in [0.3, 0.4) is 0 Å². The third-order valence-corrected chi connectivity index (χ3v) is 7.53. The number of rotatable bonds is 6. The van der Waals surface area contributed by atoms with E-state index < -0.39 is 5.97 Å². The highest BCUT2D eigenvalue weighted by atomic mass is 35.5. The zero-order chi connectivity index (χ0) is 27.4. The molecule has 12 heteroatoms. The fourth-order valence-electron chi connectivity index (χ4n) is 5.52. The largest absolute Gasteiger partial charge is 0.480 e. The van der Waals surface area contributed by atoms with Crippen molar-refractivity contribution in [3.05, 3.63) is 100 Å². The van der Waals surface area contributed by atoms with Crippen LogP contribution in [0.5, 0.6) is 0 Å². The molecular weight excluding hydrogens is 532 g/mol. The maximum absolute atomic E-state index is 13.5. The zero-order valence-corrected chi connectivity index (χ0v) is 21.7. The van der Waals surface area contributed by atoms with E-state index in [1.54, 1.807) is 38.3 Å². The Hall–Kier alpha value is -5.03. The standard InChI is InChI=1S/C28H21ClN8O3/c29-19-2-5-24(36-15-31-33-34-36)21(12-19)18-10-20-3-6-25(37(20)26(38)11-18)28-30-13-22(32-28)16-1-4-23-17(9-16)7-8-35(23)14-27(39)40/h1-2,4-5,7-13,15,25H,3,6,14H2,(H,30,32)(H,39,40)/t25-/m0/s1. The fraction of sp³-hybridized carbons (Fsp3) is 0.143. The smallest absolute Gasteiger partial charge is 0.323 e. The summed E-state index contributed by atoms with van der Waals surface area (Å²) in [6.45, 7) is -0.0924. The summed E-state index contributed by atoms with van der Waals surface area (Å²) in [7, 11) is 0. The highest BCUT2D eigenvalue weighted by Crippen LogP contribution is 2.34. The van der Waals surface area contributed by atoms with Gasteiger partial charge in [-0.1, -0.05) is 17.7 Å². The van der Waals surface area contributed by atoms with Crippen LogP contribution in [-0.2, 0) is 17.8 Å². The first-order chi connectivity index (χ1) is 19.4. The predicted molar refractivity (Wildman–Crippen MR) is 147 cm³/mol. The first kappa shape index (κ1) is 24.0. The van der Waals surface area contributed by atoms with E-state index in [0.29, 0.717) is 17.3 Å². The Balaban J connectivity index is 1.21. The topological polar surface area (TPSA) is 137 Å². The Morgan fingerprint density at radius 3 is 2.83 bits per heavy atom. The van der Waals surface area contributed by atoms with Crippen LogP contribution in [0.4, 0.5) is 0 Å². The molecule has 1 aliphatic rings. The number of nitrogens with one attached hydrogen (secondary N) is 1. The summed E-state index contributed by atoms with van der Waals surface area (Å²) in [5.74, 6) is -0.177. The molecule has 11 nitrogen and oxygen atoms in total. The summed E-state index contributed by atoms with van der Waals surface area (Å²) in [4.78, 5) is 32.7. The van der Waals surface area contributed by atoms with E-state index >= 15 is 0 Å². The van der Waals surface area contributed by atoms with Crippen LogP contribution in [0.2, 0.25) is 5.02 Å². The number of aromatic nitrogens is 8. The predicted octanol–water partition coefficient (Wildman–Crippen LogP) is 4.11. The van der Waals surface area contributed by atoms with Gasteiger partial charge in [0.2, 0.25) is 0 Å². The van der Waals surface area contributed by atoms with Gasteiger partial charge in [0.05, 0.1) is 23.6 Å². The minimum absolute atomic E-state index is 0.0924. The minimum Gasteiger partial charge on any atom is -0.480 e. The number of aliphatic carboxylic acids is 1. The Morgan fingerprint density at radius 2 is 2.00 bits per heavy atom. The van der Waals surface area contributed by atoms with E-state index in [0.717, 1.165) is 51.1 Å². The van der Waals surface area contributed by atoms with Crippen LogP contribution < -0.4 is 5.56 Å². The van der Waals surface area contributed by atoms with Crippen molar-refractivity contribution in [2.45, 2.75) is 25.4 Å². The van der Waals surface area contributed by atoms with Crippen molar-refractivity contribution in [1.82, 2.24) is 39.3 Å². The molecule has 6 aromatic rings. The SMILES string of the molecule is O=C(O)Cn1ccc2cc(-c3cnc([C@@H]4CCc5cc(-c6cc(Cl)ccc6-n6cnnn6)cc(=O)n54)[nH]3)ccc21. The number of nitrogens with zero attached hydrogens (tertiary/aromatic N) is 7. The van der Waals surface area contributed by atoms with Crippen molar-refractivity contribution in [2.75, 3.05) is 0 Å². The van der Waals surface area contributed by atoms with Gasteiger partial charge in [0.25, 0.3) is 5.56 Å². The molecule has 0 saturated heterocycles. The number of aryl methyl sites for hydroxylation is 1. The lowest BCUT2D eigenvalue weighted by Crippen LogP contribution is -2.23. The number of imidazole rings is 1. The first-order valence-electron chi connectivity index (χ1n) is 12.6. The zero-order valence-electron chi connectivity index (χ0n) is 20.9. The average Bonchev–Trinajstić information content (AvgIpc) is 3.75. The van der Waals surface area contributed by atoms with Gasteiger partial charge < -0.3 is 19.2 Å². The monoisotopic (exact) mass is 552 g/mol. The number of pyridine rings is 1. The number of fused-ring (bicyclic) bond motifs is 2. The van der Waals surface area contributed by atoms with Gasteiger partial charge in [0.1, 0.15) is 18.7 Å². The normalized spacial score (nSPS) is 14.6. The molecule has 4 aromatic heterocycles. The molecule has 40 heavy (non-hydrogen) atoms. The number of tetrazole rings is 1. The van der Waals surface area contributed by atoms with Gasteiger partial charge >= 0.3 is 5.97 Å². The van der Waals surface area contributed by atoms with Crippen LogP contribution in [0.1, 0.15) is 24.0 Å². The number of carboxylic acids is 1. The Bertz CT molecular complexity index is 1970. The van der Waals surface area contributed by atoms with Gasteiger partial charge in [0, 0.05) is 45.0 Å². The molecule has 198 valence electrons. The van der Waals surface area contributed by atoms with Crippen LogP contribution >= 0.6 is 11.6 Å². The molecule has 0 aliphatic carbocycles. The van der Waals surface area contributed by atoms with E-state index in [1.807, 2.05) is 42.5 Å². The third kappa shape index (κ3) is 4.07. The molecule has 0 unspecified atom stereocenters. The van der Waals surface area contributed by atoms with Gasteiger partial charge in [-0.15, -0.1) is 5.10 Å². The molecule has 5 heterocycles. The molecular formula is C28H21ClN8O3. The lowest BCUT2D eigenvalue weighted by Gasteiger charge is -2.15. The molecule has 2 aromatic carbocycles. The Morgan fingerprint density at radius 1 is 1.10 bits per heavy atom. The number of carbonyl (C=O) groups is 1. The maximum atomic E-state index is 13.5. The van der Waals surface area contributed by atoms with E-state index in [4.69, 9.17) is 16.7 Å². The van der Waals surface area contributed by atoms with Crippen LogP contribution in [0, 0.1) is 0 Å². The molecule has 0 fully saturated rings. The lowest BCUT2D eigenvalue weighted by atomic mass is 10.0. The molecule has 0 bridgehead atoms. The Kier molecular flexibility index (Phi) is 5.60. The number of halogens is 1. The van der Waals surface area contributed by atoms with Crippen LogP contribution in [0.15, 0.2) is 78.1 Å². The highest BCUT2D eigenvalue weighted by molar-refractivity contribution is 6.31. The quantitative estimate of drug-likeness (QED) is 0.317. The van der Waals surface area contributed by atoms with E-state index in [2.05, 4.69) is 25.5 Å². The summed E-state index contributed by atoms with van der Waals surface area (Å²) in [6, 6.07) is 16.5. The van der Waals surface area contributed by atoms with E-state index in [9.17, 15) is 9.59 Å². The number of H-pyrrole nitrogens is 1. The molecule has 2 N–H and O–H groups in total. The average molecular weight is 553 g/mol. The number of carboxylic acid groups (broad SMARTS) is 1. The van der Waals surface area contributed by atoms with Gasteiger partial charge in [-0.3, -0.25) is 9.59 Å². The molecule has 0 spiro atoms. The molecule has 1 atom stereocenters. The van der Waals surface area contributed by atoms with Crippen molar-refractivity contribution in [3.63, 3.8) is 0 Å². The van der Waals surface area contributed by atoms with Crippen LogP contribution in [0.25, 0.3) is 39.0 Å². The number of benzene rings is 2. The van der Waals surface area contributed by atoms with E-state index in [-0.39, 0.29) is 18.1 Å². The third-order valence-electron chi connectivity index (χ3n) is 7.30. The molecule has 0 saturated carbocycles. The van der Waals surface area contributed by atoms with Crippen LogP contribution in [-0.4, -0.2) is 50.4 Å². The van der Waals surface area contributed by atoms with E-state index in [1.165, 1.54) is 6.33 Å². The highest BCUT2D eigenvalue weighted by Gasteiger charge is 2.28. The molecule has 1 aliphatic heterocycles. The summed E-state index contributed by atoms with van der Waals surface area (Å²) < 4.78 is 5.04. The Labute approximate surface area is 231 Å². The van der Waals surface area contributed by atoms with Crippen molar-refractivity contribution in [1.29, 1.82) is 0 Å². The molecule has 7 rings (SSSR count). The van der Waals surface area contributed by atoms with Crippen molar-refractivity contribution in [2.24, 2.45) is 0 Å².